The lowest BCUT2D eigenvalue weighted by atomic mass is 10.1. The van der Waals surface area contributed by atoms with Crippen molar-refractivity contribution in [3.05, 3.63) is 36.5 Å². The second kappa shape index (κ2) is 51.7. The third-order valence-electron chi connectivity index (χ3n) is 12.4. The molecule has 0 heterocycles. The van der Waals surface area contributed by atoms with Crippen molar-refractivity contribution in [3.8, 4) is 0 Å². The highest BCUT2D eigenvalue weighted by Gasteiger charge is 2.18. The van der Waals surface area contributed by atoms with Crippen molar-refractivity contribution in [1.82, 2.24) is 5.32 Å². The summed E-state index contributed by atoms with van der Waals surface area (Å²) < 4.78 is 5.47. The summed E-state index contributed by atoms with van der Waals surface area (Å²) in [5.41, 5.74) is 0. The number of aliphatic hydroxyl groups excluding tert-OH is 2. The van der Waals surface area contributed by atoms with Crippen LogP contribution in [0, 0.1) is 0 Å². The molecule has 0 aliphatic heterocycles. The summed E-state index contributed by atoms with van der Waals surface area (Å²) in [5.74, 6) is -0.0973. The molecule has 0 radical (unpaired) electrons. The van der Waals surface area contributed by atoms with E-state index in [0.29, 0.717) is 19.4 Å². The lowest BCUT2D eigenvalue weighted by Gasteiger charge is -2.20. The van der Waals surface area contributed by atoms with Crippen molar-refractivity contribution in [2.75, 3.05) is 13.2 Å². The molecular weight excluding hydrogens is 767 g/mol. The Balaban J connectivity index is 3.47. The SMILES string of the molecule is CCCCCCCC/C=C\CCCCCCCCCCCC(=O)OCCCCCC/C=C\CCCCCCCCCC(=O)NC(CO)C(O)/C=C/CCCCCCCCCCC. The van der Waals surface area contributed by atoms with Crippen LogP contribution < -0.4 is 5.32 Å². The highest BCUT2D eigenvalue weighted by Crippen LogP contribution is 2.15. The minimum absolute atomic E-state index is 0.0123. The Morgan fingerprint density at radius 1 is 0.435 bits per heavy atom. The van der Waals surface area contributed by atoms with Gasteiger partial charge in [0.2, 0.25) is 5.91 Å². The Hall–Kier alpha value is -1.92. The molecule has 0 spiro atoms. The Morgan fingerprint density at radius 3 is 1.15 bits per heavy atom. The molecule has 364 valence electrons. The number of esters is 1. The second-order valence-electron chi connectivity index (χ2n) is 18.5. The molecule has 6 heteroatoms. The lowest BCUT2D eigenvalue weighted by molar-refractivity contribution is -0.143. The van der Waals surface area contributed by atoms with Crippen molar-refractivity contribution >= 4 is 11.9 Å². The molecule has 2 atom stereocenters. The summed E-state index contributed by atoms with van der Waals surface area (Å²) in [6, 6.07) is -0.638. The van der Waals surface area contributed by atoms with Crippen molar-refractivity contribution in [2.24, 2.45) is 0 Å². The minimum atomic E-state index is -0.853. The number of amides is 1. The van der Waals surface area contributed by atoms with Gasteiger partial charge in [-0.15, -0.1) is 0 Å². The number of carbonyl (C=O) groups is 2. The van der Waals surface area contributed by atoms with Crippen molar-refractivity contribution in [1.29, 1.82) is 0 Å². The molecule has 0 bridgehead atoms. The van der Waals surface area contributed by atoms with Gasteiger partial charge in [0.1, 0.15) is 0 Å². The number of nitrogens with one attached hydrogen (secondary N) is 1. The van der Waals surface area contributed by atoms with Gasteiger partial charge in [0.15, 0.2) is 0 Å². The van der Waals surface area contributed by atoms with E-state index in [1.54, 1.807) is 6.08 Å². The van der Waals surface area contributed by atoms with Crippen LogP contribution >= 0.6 is 0 Å². The molecule has 0 rings (SSSR count). The number of aliphatic hydroxyl groups is 2. The molecule has 1 amide bonds. The Morgan fingerprint density at radius 2 is 0.758 bits per heavy atom. The maximum absolute atomic E-state index is 12.4. The third-order valence-corrected chi connectivity index (χ3v) is 12.4. The fourth-order valence-electron chi connectivity index (χ4n) is 8.15. The first-order valence-corrected chi connectivity index (χ1v) is 27.3. The first-order chi connectivity index (χ1) is 30.5. The summed E-state index contributed by atoms with van der Waals surface area (Å²) in [7, 11) is 0. The van der Waals surface area contributed by atoms with Gasteiger partial charge in [-0.1, -0.05) is 224 Å². The van der Waals surface area contributed by atoms with Gasteiger partial charge in [-0.25, -0.2) is 0 Å². The fourth-order valence-corrected chi connectivity index (χ4v) is 8.15. The van der Waals surface area contributed by atoms with Crippen LogP contribution in [0.15, 0.2) is 36.5 Å². The van der Waals surface area contributed by atoms with Gasteiger partial charge in [-0.2, -0.15) is 0 Å². The normalized spacial score (nSPS) is 12.9. The Bertz CT molecular complexity index is 1010. The molecule has 0 aromatic heterocycles. The molecule has 0 aromatic rings. The molecule has 62 heavy (non-hydrogen) atoms. The molecular formula is C56H105NO5. The average Bonchev–Trinajstić information content (AvgIpc) is 3.27. The van der Waals surface area contributed by atoms with Gasteiger partial charge in [0.25, 0.3) is 0 Å². The Kier molecular flexibility index (Phi) is 50.1. The minimum Gasteiger partial charge on any atom is -0.466 e. The van der Waals surface area contributed by atoms with E-state index < -0.39 is 12.1 Å². The zero-order valence-corrected chi connectivity index (χ0v) is 41.4. The molecule has 0 aliphatic rings. The molecule has 3 N–H and O–H groups in total. The standard InChI is InChI=1S/C56H105NO5/c1-3-5-7-9-11-13-15-16-17-18-19-20-23-26-30-34-38-42-46-50-56(61)62-51-47-43-39-35-31-27-24-21-22-25-29-33-37-41-45-49-55(60)57-53(52-58)54(59)48-44-40-36-32-28-14-12-10-8-6-4-2/h16-17,24,27,44,48,53-54,58-59H,3-15,18-23,25-26,28-43,45-47,49-52H2,1-2H3,(H,57,60)/b17-16-,27-24-,48-44+. The van der Waals surface area contributed by atoms with Crippen LogP contribution in [0.25, 0.3) is 0 Å². The molecule has 6 nitrogen and oxygen atoms in total. The van der Waals surface area contributed by atoms with E-state index >= 15 is 0 Å². The van der Waals surface area contributed by atoms with Crippen LogP contribution in [-0.4, -0.2) is 47.4 Å². The van der Waals surface area contributed by atoms with Crippen LogP contribution in [0.2, 0.25) is 0 Å². The van der Waals surface area contributed by atoms with Crippen LogP contribution in [0.4, 0.5) is 0 Å². The molecule has 0 aliphatic carbocycles. The monoisotopic (exact) mass is 872 g/mol. The van der Waals surface area contributed by atoms with Crippen LogP contribution in [-0.2, 0) is 14.3 Å². The molecule has 0 fully saturated rings. The van der Waals surface area contributed by atoms with Crippen LogP contribution in [0.3, 0.4) is 0 Å². The van der Waals surface area contributed by atoms with E-state index in [2.05, 4.69) is 43.5 Å². The topological polar surface area (TPSA) is 95.9 Å². The van der Waals surface area contributed by atoms with Crippen LogP contribution in [0.5, 0.6) is 0 Å². The molecule has 0 aromatic carbocycles. The summed E-state index contributed by atoms with van der Waals surface area (Å²) in [6.07, 6.45) is 63.0. The number of carbonyl (C=O) groups excluding carboxylic acids is 2. The number of hydrogen-bond acceptors (Lipinski definition) is 5. The number of hydrogen-bond donors (Lipinski definition) is 3. The lowest BCUT2D eigenvalue weighted by Crippen LogP contribution is -2.45. The van der Waals surface area contributed by atoms with Gasteiger partial charge in [0, 0.05) is 12.8 Å². The van der Waals surface area contributed by atoms with Gasteiger partial charge >= 0.3 is 5.97 Å². The number of ether oxygens (including phenoxy) is 1. The smallest absolute Gasteiger partial charge is 0.305 e. The average molecular weight is 872 g/mol. The Labute approximate surface area is 385 Å². The summed E-state index contributed by atoms with van der Waals surface area (Å²) in [4.78, 5) is 24.5. The van der Waals surface area contributed by atoms with Gasteiger partial charge in [-0.05, 0) is 83.5 Å². The summed E-state index contributed by atoms with van der Waals surface area (Å²) in [6.45, 7) is 4.85. The first-order valence-electron chi connectivity index (χ1n) is 27.3. The highest BCUT2D eigenvalue weighted by atomic mass is 16.5. The van der Waals surface area contributed by atoms with E-state index in [1.807, 2.05) is 6.08 Å². The van der Waals surface area contributed by atoms with Crippen molar-refractivity contribution < 1.29 is 24.5 Å². The maximum Gasteiger partial charge on any atom is 0.305 e. The number of allylic oxidation sites excluding steroid dienone is 5. The summed E-state index contributed by atoms with van der Waals surface area (Å²) >= 11 is 0. The quantitative estimate of drug-likeness (QED) is 0.0321. The van der Waals surface area contributed by atoms with Crippen molar-refractivity contribution in [3.63, 3.8) is 0 Å². The third kappa shape index (κ3) is 47.6. The molecule has 2 unspecified atom stereocenters. The predicted octanol–water partition coefficient (Wildman–Crippen LogP) is 16.5. The molecule has 0 saturated carbocycles. The van der Waals surface area contributed by atoms with Crippen molar-refractivity contribution in [2.45, 2.75) is 296 Å². The molecule has 0 saturated heterocycles. The maximum atomic E-state index is 12.4. The zero-order valence-electron chi connectivity index (χ0n) is 41.4. The van der Waals surface area contributed by atoms with E-state index in [-0.39, 0.29) is 18.5 Å². The highest BCUT2D eigenvalue weighted by molar-refractivity contribution is 5.76. The van der Waals surface area contributed by atoms with E-state index in [1.165, 1.54) is 186 Å². The zero-order chi connectivity index (χ0) is 45.1. The van der Waals surface area contributed by atoms with E-state index in [4.69, 9.17) is 4.74 Å². The largest absolute Gasteiger partial charge is 0.466 e. The second-order valence-corrected chi connectivity index (χ2v) is 18.5. The van der Waals surface area contributed by atoms with E-state index in [9.17, 15) is 19.8 Å². The number of rotatable bonds is 50. The predicted molar refractivity (Wildman–Crippen MR) is 269 cm³/mol. The first kappa shape index (κ1) is 60.1. The number of unbranched alkanes of at least 4 members (excludes halogenated alkanes) is 35. The van der Waals surface area contributed by atoms with Gasteiger partial charge in [0.05, 0.1) is 25.4 Å². The van der Waals surface area contributed by atoms with Gasteiger partial charge in [-0.3, -0.25) is 9.59 Å². The van der Waals surface area contributed by atoms with Crippen LogP contribution in [0.1, 0.15) is 284 Å². The fraction of sp³-hybridized carbons (Fsp3) is 0.857. The van der Waals surface area contributed by atoms with E-state index in [0.717, 1.165) is 70.6 Å². The summed E-state index contributed by atoms with van der Waals surface area (Å²) in [5, 5.41) is 23.0. The van der Waals surface area contributed by atoms with Gasteiger partial charge < -0.3 is 20.3 Å².